The number of hydrogen-bond donors (Lipinski definition) is 7. The van der Waals surface area contributed by atoms with Gasteiger partial charge in [0.05, 0.1) is 41.5 Å². The zero-order valence-electron chi connectivity index (χ0n) is 44.0. The summed E-state index contributed by atoms with van der Waals surface area (Å²) in [5.74, 6) is -2.82. The minimum atomic E-state index is -1.35. The fourth-order valence-corrected chi connectivity index (χ4v) is 7.55. The van der Waals surface area contributed by atoms with Crippen molar-refractivity contribution in [2.75, 3.05) is 35.8 Å². The molecule has 3 aliphatic rings. The van der Waals surface area contributed by atoms with Crippen molar-refractivity contribution in [3.63, 3.8) is 0 Å². The number of para-hydroxylation sites is 6. The van der Waals surface area contributed by atoms with Gasteiger partial charge in [-0.2, -0.15) is 10.2 Å². The number of benzene rings is 5. The van der Waals surface area contributed by atoms with E-state index in [9.17, 15) is 37.5 Å². The van der Waals surface area contributed by atoms with Gasteiger partial charge >= 0.3 is 12.1 Å². The molecule has 0 saturated carbocycles. The van der Waals surface area contributed by atoms with Crippen LogP contribution in [-0.2, 0) is 32.2 Å². The predicted molar refractivity (Wildman–Crippen MR) is 293 cm³/mol. The maximum absolute atomic E-state index is 14.6. The number of aromatic nitrogens is 4. The average Bonchev–Trinajstić information content (AvgIpc) is 3.71. The smallest absolute Gasteiger partial charge is 0.408 e. The molecular formula is C56H59ClF2N10O11. The highest BCUT2D eigenvalue weighted by molar-refractivity contribution is 6.02. The number of nitrogens with two attached hydrogens (primary N) is 1. The Morgan fingerprint density at radius 3 is 1.41 bits per heavy atom. The van der Waals surface area contributed by atoms with Gasteiger partial charge in [0.15, 0.2) is 17.3 Å². The quantitative estimate of drug-likeness (QED) is 0.0789. The second kappa shape index (κ2) is 27.3. The molecule has 24 heteroatoms. The molecule has 5 heterocycles. The normalized spacial score (nSPS) is 15.8. The van der Waals surface area contributed by atoms with Crippen LogP contribution >= 0.6 is 12.4 Å². The number of aromatic carboxylic acids is 1. The lowest BCUT2D eigenvalue weighted by molar-refractivity contribution is -0.119. The zero-order valence-corrected chi connectivity index (χ0v) is 44.8. The average molecular weight is 1120 g/mol. The van der Waals surface area contributed by atoms with E-state index in [0.717, 1.165) is 11.1 Å². The lowest BCUT2D eigenvalue weighted by Crippen LogP contribution is -2.48. The molecule has 80 heavy (non-hydrogen) atoms. The van der Waals surface area contributed by atoms with Gasteiger partial charge in [-0.15, -0.1) is 12.4 Å². The summed E-state index contributed by atoms with van der Waals surface area (Å²) in [7, 11) is 0. The summed E-state index contributed by atoms with van der Waals surface area (Å²) in [6.45, 7) is 9.24. The van der Waals surface area contributed by atoms with Gasteiger partial charge in [-0.3, -0.25) is 28.5 Å². The molecule has 0 saturated heterocycles. The topological polar surface area (TPSA) is 281 Å². The van der Waals surface area contributed by atoms with Crippen LogP contribution in [0.15, 0.2) is 133 Å². The number of ether oxygens (including phenoxy) is 4. The van der Waals surface area contributed by atoms with E-state index in [0.29, 0.717) is 47.4 Å². The Morgan fingerprint density at radius 2 is 0.988 bits per heavy atom. The third-order valence-electron chi connectivity index (χ3n) is 11.7. The molecule has 21 nitrogen and oxygen atoms in total. The first-order chi connectivity index (χ1) is 37.7. The Bertz CT molecular complexity index is 3320. The molecule has 0 unspecified atom stereocenters. The number of carboxylic acid groups (broad SMARTS) is 1. The zero-order chi connectivity index (χ0) is 56.8. The van der Waals surface area contributed by atoms with Gasteiger partial charge in [-0.05, 0) is 82.1 Å². The minimum Gasteiger partial charge on any atom is -0.489 e. The summed E-state index contributed by atoms with van der Waals surface area (Å²) < 4.78 is 52.5. The number of fused-ring (bicyclic) bond motifs is 3. The van der Waals surface area contributed by atoms with E-state index in [4.69, 9.17) is 29.8 Å². The standard InChI is InChI=1S/C21H19FN4O3.C14H18N2O4.C12H11FN2O2.C9H10N2O2.ClH/c1-13-18(22)19(25-26(13)11-14-7-3-2-4-8-14)21(28)24-16-12-29-17-10-6-5-9-15(17)23-20(16)27;1-14(2,3)20-13(18)16-10-8-19-11-7-5-4-6-9(11)15-12(10)17;1-8-10(13)11(12(16)17)14-15(8)7-9-5-3-2-4-6-9;10-6-5-13-8-4-2-1-3-7(8)11-9(6)12;/h2-10,16H,11-12H2,1H3,(H,23,27)(H,24,28);4-7,10H,8H2,1-3H3,(H,15,17)(H,16,18);2-6H,7H2,1H3,(H,16,17);1-4,6H,5,10H2,(H,11,12);1H/t16-;10-;;6-;/m00.0./s1. The van der Waals surface area contributed by atoms with E-state index >= 15 is 0 Å². The number of nitrogens with one attached hydrogen (secondary N) is 5. The van der Waals surface area contributed by atoms with Crippen molar-refractivity contribution >= 4 is 65.2 Å². The Balaban J connectivity index is 0.000000179. The first kappa shape index (κ1) is 59.9. The number of alkyl carbamates (subject to hydrolysis) is 1. The fourth-order valence-electron chi connectivity index (χ4n) is 7.55. The Morgan fingerprint density at radius 1 is 0.613 bits per heavy atom. The molecule has 420 valence electrons. The van der Waals surface area contributed by atoms with Crippen molar-refractivity contribution in [1.82, 2.24) is 30.2 Å². The second-order valence-corrected chi connectivity index (χ2v) is 18.8. The van der Waals surface area contributed by atoms with Crippen molar-refractivity contribution in [3.8, 4) is 17.2 Å². The molecule has 0 radical (unpaired) electrons. The molecule has 3 atom stereocenters. The maximum Gasteiger partial charge on any atom is 0.408 e. The third-order valence-corrected chi connectivity index (χ3v) is 11.7. The van der Waals surface area contributed by atoms with Crippen molar-refractivity contribution in [1.29, 1.82) is 0 Å². The fraction of sp³-hybridized carbons (Fsp3) is 0.250. The van der Waals surface area contributed by atoms with E-state index in [1.807, 2.05) is 78.9 Å². The van der Waals surface area contributed by atoms with Gasteiger partial charge in [0.2, 0.25) is 11.6 Å². The lowest BCUT2D eigenvalue weighted by atomic mass is 10.2. The molecule has 0 spiro atoms. The highest BCUT2D eigenvalue weighted by Gasteiger charge is 2.31. The largest absolute Gasteiger partial charge is 0.489 e. The monoisotopic (exact) mass is 1120 g/mol. The molecule has 5 amide bonds. The van der Waals surface area contributed by atoms with Gasteiger partial charge in [-0.1, -0.05) is 97.1 Å². The summed E-state index contributed by atoms with van der Waals surface area (Å²) >= 11 is 0. The highest BCUT2D eigenvalue weighted by Crippen LogP contribution is 2.28. The number of rotatable bonds is 8. The number of carboxylic acids is 1. The van der Waals surface area contributed by atoms with E-state index in [-0.39, 0.29) is 61.1 Å². The minimum absolute atomic E-state index is 0. The summed E-state index contributed by atoms with van der Waals surface area (Å²) in [5.41, 5.74) is 8.15. The van der Waals surface area contributed by atoms with Crippen LogP contribution in [0.5, 0.6) is 17.2 Å². The number of nitrogens with zero attached hydrogens (tertiary/aromatic N) is 4. The van der Waals surface area contributed by atoms with Crippen LogP contribution in [0.25, 0.3) is 0 Å². The van der Waals surface area contributed by atoms with Gasteiger partial charge < -0.3 is 56.4 Å². The van der Waals surface area contributed by atoms with Crippen LogP contribution in [0.3, 0.4) is 0 Å². The van der Waals surface area contributed by atoms with Crippen molar-refractivity contribution in [3.05, 3.63) is 179 Å². The molecule has 10 rings (SSSR count). The molecule has 0 fully saturated rings. The number of hydrogen-bond acceptors (Lipinski definition) is 13. The van der Waals surface area contributed by atoms with Gasteiger partial charge in [0, 0.05) is 0 Å². The van der Waals surface area contributed by atoms with Gasteiger partial charge in [-0.25, -0.2) is 18.4 Å². The lowest BCUT2D eigenvalue weighted by Gasteiger charge is -2.22. The van der Waals surface area contributed by atoms with Crippen LogP contribution in [0.1, 0.15) is 64.3 Å². The first-order valence-electron chi connectivity index (χ1n) is 24.7. The molecule has 0 aliphatic carbocycles. The van der Waals surface area contributed by atoms with E-state index in [1.54, 1.807) is 82.3 Å². The molecule has 5 aromatic carbocycles. The van der Waals surface area contributed by atoms with E-state index in [2.05, 4.69) is 36.8 Å². The number of anilines is 3. The second-order valence-electron chi connectivity index (χ2n) is 18.8. The molecule has 7 aromatic rings. The number of halogens is 3. The molecular weight excluding hydrogens is 1060 g/mol. The Labute approximate surface area is 464 Å². The molecule has 3 aliphatic heterocycles. The molecule has 8 N–H and O–H groups in total. The van der Waals surface area contributed by atoms with Crippen LogP contribution in [-0.4, -0.2) is 104 Å². The SMILES string of the molecule is CC(C)(C)OC(=O)N[C@H]1COc2ccccc2NC1=O.Cc1c(F)c(C(=O)N[C@H]2COc3ccccc3NC2=O)nn1Cc1ccccc1.Cc1c(F)c(C(=O)O)nn1Cc1ccccc1.Cl.N[C@H]1COc2ccccc2NC1=O. The van der Waals surface area contributed by atoms with Crippen molar-refractivity contribution in [2.45, 2.75) is 71.4 Å². The summed E-state index contributed by atoms with van der Waals surface area (Å²) in [6.07, 6.45) is -0.646. The van der Waals surface area contributed by atoms with Crippen molar-refractivity contribution < 1.29 is 61.6 Å². The summed E-state index contributed by atoms with van der Waals surface area (Å²) in [6, 6.07) is 37.7. The van der Waals surface area contributed by atoms with Gasteiger partial charge in [0.1, 0.15) is 60.8 Å². The number of carbonyl (C=O) groups is 6. The highest BCUT2D eigenvalue weighted by atomic mass is 35.5. The van der Waals surface area contributed by atoms with Crippen molar-refractivity contribution in [2.24, 2.45) is 5.73 Å². The van der Waals surface area contributed by atoms with Crippen LogP contribution in [0.2, 0.25) is 0 Å². The van der Waals surface area contributed by atoms with E-state index in [1.165, 1.54) is 16.3 Å². The Hall–Kier alpha value is -9.35. The van der Waals surface area contributed by atoms with Crippen LogP contribution < -0.4 is 46.5 Å². The summed E-state index contributed by atoms with van der Waals surface area (Å²) in [4.78, 5) is 70.7. The first-order valence-corrected chi connectivity index (χ1v) is 24.7. The molecule has 0 bridgehead atoms. The Kier molecular flexibility index (Phi) is 20.4. The number of carbonyl (C=O) groups excluding carboxylic acids is 5. The molecule has 2 aromatic heterocycles. The van der Waals surface area contributed by atoms with Crippen LogP contribution in [0, 0.1) is 25.5 Å². The van der Waals surface area contributed by atoms with E-state index < -0.39 is 64.9 Å². The summed E-state index contributed by atoms with van der Waals surface area (Å²) in [5, 5.41) is 29.7. The maximum atomic E-state index is 14.6. The predicted octanol–water partition coefficient (Wildman–Crippen LogP) is 7.26. The van der Waals surface area contributed by atoms with Gasteiger partial charge in [0.25, 0.3) is 17.7 Å². The van der Waals surface area contributed by atoms with Crippen LogP contribution in [0.4, 0.5) is 30.6 Å². The number of amides is 5. The third kappa shape index (κ3) is 16.1.